The number of amides is 1. The Hall–Kier alpha value is -2.30. The molecule has 0 unspecified atom stereocenters. The summed E-state index contributed by atoms with van der Waals surface area (Å²) < 4.78 is 5.02. The first kappa shape index (κ1) is 19.5. The van der Waals surface area contributed by atoms with Crippen molar-refractivity contribution in [3.05, 3.63) is 35.9 Å². The Balaban J connectivity index is 1.42. The Kier molecular flexibility index (Phi) is 7.31. The molecule has 0 spiro atoms. The van der Waals surface area contributed by atoms with Gasteiger partial charge in [-0.15, -0.1) is 0 Å². The fourth-order valence-corrected chi connectivity index (χ4v) is 3.81. The van der Waals surface area contributed by atoms with E-state index in [2.05, 4.69) is 22.3 Å². The topological polar surface area (TPSA) is 58.6 Å². The van der Waals surface area contributed by atoms with E-state index in [1.54, 1.807) is 6.08 Å². The first-order chi connectivity index (χ1) is 13.2. The average molecular weight is 370 g/mol. The third-order valence-corrected chi connectivity index (χ3v) is 5.34. The Labute approximate surface area is 161 Å². The van der Waals surface area contributed by atoms with Crippen molar-refractivity contribution in [3.63, 3.8) is 0 Å². The lowest BCUT2D eigenvalue weighted by Crippen LogP contribution is -2.35. The molecule has 3 rings (SSSR count). The van der Waals surface area contributed by atoms with Crippen LogP contribution < -0.4 is 10.2 Å². The van der Waals surface area contributed by atoms with Crippen molar-refractivity contribution in [2.45, 2.75) is 57.4 Å². The number of carbonyl (C=O) groups excluding carboxylic acids is 2. The van der Waals surface area contributed by atoms with Gasteiger partial charge in [-0.3, -0.25) is 4.79 Å². The van der Waals surface area contributed by atoms with E-state index in [1.165, 1.54) is 37.4 Å². The van der Waals surface area contributed by atoms with Crippen LogP contribution in [0.5, 0.6) is 0 Å². The van der Waals surface area contributed by atoms with Crippen molar-refractivity contribution in [1.82, 2.24) is 5.32 Å². The molecule has 1 saturated heterocycles. The van der Waals surface area contributed by atoms with Gasteiger partial charge >= 0.3 is 5.97 Å². The van der Waals surface area contributed by atoms with Crippen molar-refractivity contribution in [1.29, 1.82) is 0 Å². The summed E-state index contributed by atoms with van der Waals surface area (Å²) in [6.07, 6.45) is 12.6. The van der Waals surface area contributed by atoms with E-state index in [9.17, 15) is 9.59 Å². The molecule has 1 saturated carbocycles. The summed E-state index contributed by atoms with van der Waals surface area (Å²) in [4.78, 5) is 26.0. The third kappa shape index (κ3) is 6.42. The molecule has 1 aliphatic heterocycles. The van der Waals surface area contributed by atoms with Gasteiger partial charge in [0.25, 0.3) is 5.91 Å². The number of benzene rings is 1. The van der Waals surface area contributed by atoms with Crippen LogP contribution in [-0.2, 0) is 14.3 Å². The van der Waals surface area contributed by atoms with Crippen LogP contribution in [0.25, 0.3) is 6.08 Å². The summed E-state index contributed by atoms with van der Waals surface area (Å²) in [7, 11) is 0. The van der Waals surface area contributed by atoms with Crippen LogP contribution in [0.2, 0.25) is 0 Å². The second-order valence-corrected chi connectivity index (χ2v) is 7.48. The van der Waals surface area contributed by atoms with E-state index in [4.69, 9.17) is 4.74 Å². The van der Waals surface area contributed by atoms with Crippen LogP contribution in [0.15, 0.2) is 30.3 Å². The van der Waals surface area contributed by atoms with Gasteiger partial charge in [-0.25, -0.2) is 4.79 Å². The van der Waals surface area contributed by atoms with Crippen LogP contribution in [0, 0.1) is 0 Å². The van der Waals surface area contributed by atoms with E-state index in [0.717, 1.165) is 44.3 Å². The third-order valence-electron chi connectivity index (χ3n) is 5.34. The molecule has 27 heavy (non-hydrogen) atoms. The Morgan fingerprint density at radius 2 is 1.67 bits per heavy atom. The SMILES string of the molecule is O=C(COC(=O)/C=C/c1ccc(N2CCCCCC2)cc1)NC1CCCC1. The van der Waals surface area contributed by atoms with Gasteiger partial charge in [0.1, 0.15) is 0 Å². The molecule has 0 atom stereocenters. The molecule has 1 heterocycles. The molecular weight excluding hydrogens is 340 g/mol. The Morgan fingerprint density at radius 3 is 2.33 bits per heavy atom. The molecule has 5 nitrogen and oxygen atoms in total. The predicted octanol–water partition coefficient (Wildman–Crippen LogP) is 3.68. The standard InChI is InChI=1S/C22H30N2O3/c25-21(23-19-7-3-4-8-19)17-27-22(26)14-11-18-9-12-20(13-10-18)24-15-5-1-2-6-16-24/h9-14,19H,1-8,15-17H2,(H,23,25)/b14-11+. The molecule has 146 valence electrons. The summed E-state index contributed by atoms with van der Waals surface area (Å²) in [5.41, 5.74) is 2.18. The summed E-state index contributed by atoms with van der Waals surface area (Å²) in [6, 6.07) is 8.47. The Morgan fingerprint density at radius 1 is 1.00 bits per heavy atom. The number of anilines is 1. The van der Waals surface area contributed by atoms with E-state index in [-0.39, 0.29) is 18.6 Å². The number of hydrogen-bond donors (Lipinski definition) is 1. The minimum atomic E-state index is -0.492. The maximum absolute atomic E-state index is 11.8. The van der Waals surface area contributed by atoms with Crippen molar-refractivity contribution in [2.75, 3.05) is 24.6 Å². The van der Waals surface area contributed by atoms with E-state index in [1.807, 2.05) is 12.1 Å². The van der Waals surface area contributed by atoms with Gasteiger partial charge < -0.3 is 15.0 Å². The molecule has 0 bridgehead atoms. The van der Waals surface area contributed by atoms with Gasteiger partial charge in [0, 0.05) is 30.9 Å². The van der Waals surface area contributed by atoms with Crippen molar-refractivity contribution >= 4 is 23.6 Å². The van der Waals surface area contributed by atoms with Gasteiger partial charge in [-0.2, -0.15) is 0 Å². The molecule has 0 aromatic heterocycles. The molecule has 0 radical (unpaired) electrons. The molecule has 1 aromatic carbocycles. The second-order valence-electron chi connectivity index (χ2n) is 7.48. The predicted molar refractivity (Wildman–Crippen MR) is 108 cm³/mol. The lowest BCUT2D eigenvalue weighted by molar-refractivity contribution is -0.144. The first-order valence-corrected chi connectivity index (χ1v) is 10.2. The summed E-state index contributed by atoms with van der Waals surface area (Å²) in [6.45, 7) is 2.02. The van der Waals surface area contributed by atoms with Crippen LogP contribution in [0.4, 0.5) is 5.69 Å². The zero-order valence-corrected chi connectivity index (χ0v) is 16.0. The fraction of sp³-hybridized carbons (Fsp3) is 0.545. The minimum Gasteiger partial charge on any atom is -0.452 e. The zero-order valence-electron chi connectivity index (χ0n) is 16.0. The van der Waals surface area contributed by atoms with Gasteiger partial charge in [0.15, 0.2) is 6.61 Å². The highest BCUT2D eigenvalue weighted by Gasteiger charge is 2.17. The van der Waals surface area contributed by atoms with Crippen LogP contribution in [-0.4, -0.2) is 37.6 Å². The molecule has 5 heteroatoms. The highest BCUT2D eigenvalue weighted by atomic mass is 16.5. The van der Waals surface area contributed by atoms with Crippen LogP contribution in [0.3, 0.4) is 0 Å². The van der Waals surface area contributed by atoms with Gasteiger partial charge in [-0.05, 0) is 49.5 Å². The quantitative estimate of drug-likeness (QED) is 0.613. The number of esters is 1. The van der Waals surface area contributed by atoms with Crippen molar-refractivity contribution < 1.29 is 14.3 Å². The zero-order chi connectivity index (χ0) is 18.9. The lowest BCUT2D eigenvalue weighted by atomic mass is 10.1. The number of nitrogens with one attached hydrogen (secondary N) is 1. The van der Waals surface area contributed by atoms with Gasteiger partial charge in [-0.1, -0.05) is 37.8 Å². The highest BCUT2D eigenvalue weighted by Crippen LogP contribution is 2.20. The molecule has 2 fully saturated rings. The number of rotatable bonds is 6. The van der Waals surface area contributed by atoms with E-state index >= 15 is 0 Å². The van der Waals surface area contributed by atoms with E-state index < -0.39 is 5.97 Å². The summed E-state index contributed by atoms with van der Waals surface area (Å²) in [5, 5.41) is 2.90. The lowest BCUT2D eigenvalue weighted by Gasteiger charge is -2.22. The Bertz CT molecular complexity index is 640. The van der Waals surface area contributed by atoms with Gasteiger partial charge in [0.2, 0.25) is 0 Å². The monoisotopic (exact) mass is 370 g/mol. The number of hydrogen-bond acceptors (Lipinski definition) is 4. The number of nitrogens with zero attached hydrogens (tertiary/aromatic N) is 1. The highest BCUT2D eigenvalue weighted by molar-refractivity contribution is 5.89. The largest absolute Gasteiger partial charge is 0.452 e. The summed E-state index contributed by atoms with van der Waals surface area (Å²) in [5.74, 6) is -0.710. The molecule has 1 N–H and O–H groups in total. The molecular formula is C22H30N2O3. The maximum Gasteiger partial charge on any atom is 0.331 e. The molecule has 1 aromatic rings. The minimum absolute atomic E-state index is 0.215. The molecule has 1 aliphatic carbocycles. The normalized spacial score (nSPS) is 18.4. The van der Waals surface area contributed by atoms with Crippen molar-refractivity contribution in [2.24, 2.45) is 0 Å². The first-order valence-electron chi connectivity index (χ1n) is 10.2. The van der Waals surface area contributed by atoms with E-state index in [0.29, 0.717) is 0 Å². The molecule has 1 amide bonds. The smallest absolute Gasteiger partial charge is 0.331 e. The van der Waals surface area contributed by atoms with Gasteiger partial charge in [0.05, 0.1) is 0 Å². The van der Waals surface area contributed by atoms with Crippen LogP contribution in [0.1, 0.15) is 56.9 Å². The fourth-order valence-electron chi connectivity index (χ4n) is 3.81. The molecule has 2 aliphatic rings. The van der Waals surface area contributed by atoms with Crippen LogP contribution >= 0.6 is 0 Å². The maximum atomic E-state index is 11.8. The number of carbonyl (C=O) groups is 2. The second kappa shape index (κ2) is 10.1. The number of ether oxygens (including phenoxy) is 1. The summed E-state index contributed by atoms with van der Waals surface area (Å²) >= 11 is 0. The van der Waals surface area contributed by atoms with Crippen molar-refractivity contribution in [3.8, 4) is 0 Å². The average Bonchev–Trinajstić information content (AvgIpc) is 3.04.